The van der Waals surface area contributed by atoms with Crippen LogP contribution in [0.25, 0.3) is 0 Å². The number of carbonyl (C=O) groups is 1. The van der Waals surface area contributed by atoms with Gasteiger partial charge in [-0.05, 0) is 71.0 Å². The van der Waals surface area contributed by atoms with E-state index in [0.29, 0.717) is 30.0 Å². The van der Waals surface area contributed by atoms with E-state index >= 15 is 0 Å². The van der Waals surface area contributed by atoms with Gasteiger partial charge in [-0.3, -0.25) is 0 Å². The molecule has 0 radical (unpaired) electrons. The molecule has 2 aliphatic heterocycles. The van der Waals surface area contributed by atoms with E-state index in [4.69, 9.17) is 5.26 Å². The third-order valence-corrected chi connectivity index (χ3v) is 6.76. The minimum Gasteiger partial charge on any atom is -0.337 e. The van der Waals surface area contributed by atoms with Crippen molar-refractivity contribution in [2.75, 3.05) is 37.6 Å². The lowest BCUT2D eigenvalue weighted by atomic mass is 9.92. The zero-order chi connectivity index (χ0) is 24.0. The van der Waals surface area contributed by atoms with Gasteiger partial charge in [-0.1, -0.05) is 20.8 Å². The summed E-state index contributed by atoms with van der Waals surface area (Å²) in [5.74, 6) is 0.615. The van der Waals surface area contributed by atoms with E-state index in [9.17, 15) is 4.79 Å². The second-order valence-corrected chi connectivity index (χ2v) is 11.0. The first-order valence-corrected chi connectivity index (χ1v) is 12.4. The van der Waals surface area contributed by atoms with Gasteiger partial charge in [-0.2, -0.15) is 5.26 Å². The fourth-order valence-electron chi connectivity index (χ4n) is 4.92. The molecule has 2 atom stereocenters. The lowest BCUT2D eigenvalue weighted by Gasteiger charge is -2.44. The van der Waals surface area contributed by atoms with Crippen LogP contribution in [0.2, 0.25) is 0 Å². The Morgan fingerprint density at radius 3 is 2.21 bits per heavy atom. The van der Waals surface area contributed by atoms with Crippen LogP contribution in [0, 0.1) is 16.7 Å². The van der Waals surface area contributed by atoms with Crippen LogP contribution < -0.4 is 10.2 Å². The standard InChI is InChI=1S/C25H41N7O/c1-19-17-31(23-27-15-21(14-26)16-28-23)18-20(2)32(19)24(33)29-22-8-6-11-30(12-7-9-22)13-10-25(3,4)5/h15-16,19-20,22H,6-13,17-18H2,1-5H3,(H,29,33)/t19-,20+. The molecule has 3 heterocycles. The van der Waals surface area contributed by atoms with Crippen LogP contribution >= 0.6 is 0 Å². The van der Waals surface area contributed by atoms with Gasteiger partial charge in [0.05, 0.1) is 18.0 Å². The van der Waals surface area contributed by atoms with Crippen LogP contribution in [0.1, 0.15) is 72.3 Å². The summed E-state index contributed by atoms with van der Waals surface area (Å²) in [7, 11) is 0. The molecule has 2 aliphatic rings. The molecule has 0 unspecified atom stereocenters. The van der Waals surface area contributed by atoms with E-state index in [1.165, 1.54) is 13.0 Å². The van der Waals surface area contributed by atoms with Gasteiger partial charge in [-0.25, -0.2) is 14.8 Å². The first kappa shape index (κ1) is 25.2. The predicted molar refractivity (Wildman–Crippen MR) is 131 cm³/mol. The van der Waals surface area contributed by atoms with Gasteiger partial charge < -0.3 is 20.0 Å². The molecule has 182 valence electrons. The number of nitriles is 1. The number of nitrogens with zero attached hydrogens (tertiary/aromatic N) is 6. The maximum Gasteiger partial charge on any atom is 0.318 e. The highest BCUT2D eigenvalue weighted by atomic mass is 16.2. The SMILES string of the molecule is C[C@@H]1CN(c2ncc(C#N)cn2)C[C@H](C)N1C(=O)NC1CCCN(CCC(C)(C)C)CCC1. The normalized spacial score (nSPS) is 23.5. The number of rotatable bonds is 4. The monoisotopic (exact) mass is 455 g/mol. The van der Waals surface area contributed by atoms with Crippen molar-refractivity contribution in [1.29, 1.82) is 5.26 Å². The highest BCUT2D eigenvalue weighted by Crippen LogP contribution is 2.22. The minimum absolute atomic E-state index is 0.0468. The predicted octanol–water partition coefficient (Wildman–Crippen LogP) is 3.64. The molecule has 3 rings (SSSR count). The first-order chi connectivity index (χ1) is 15.7. The molecule has 1 aromatic heterocycles. The minimum atomic E-state index is 0.0468. The summed E-state index contributed by atoms with van der Waals surface area (Å²) >= 11 is 0. The largest absolute Gasteiger partial charge is 0.337 e. The summed E-state index contributed by atoms with van der Waals surface area (Å²) in [6, 6.07) is 2.45. The molecule has 8 nitrogen and oxygen atoms in total. The fraction of sp³-hybridized carbons (Fsp3) is 0.760. The topological polar surface area (TPSA) is 88.4 Å². The van der Waals surface area contributed by atoms with Gasteiger partial charge in [0.2, 0.25) is 5.95 Å². The van der Waals surface area contributed by atoms with Crippen LogP contribution in [0.3, 0.4) is 0 Å². The molecule has 0 bridgehead atoms. The molecule has 1 N–H and O–H groups in total. The van der Waals surface area contributed by atoms with Crippen molar-refractivity contribution in [2.45, 2.75) is 84.8 Å². The highest BCUT2D eigenvalue weighted by molar-refractivity contribution is 5.75. The maximum absolute atomic E-state index is 13.2. The van der Waals surface area contributed by atoms with Crippen LogP contribution in [-0.4, -0.2) is 76.6 Å². The molecular formula is C25H41N7O. The summed E-state index contributed by atoms with van der Waals surface area (Å²) < 4.78 is 0. The van der Waals surface area contributed by atoms with Crippen molar-refractivity contribution in [3.8, 4) is 6.07 Å². The van der Waals surface area contributed by atoms with E-state index in [1.807, 2.05) is 4.90 Å². The Labute approximate surface area is 199 Å². The molecule has 8 heteroatoms. The third kappa shape index (κ3) is 7.29. The fourth-order valence-corrected chi connectivity index (χ4v) is 4.92. The summed E-state index contributed by atoms with van der Waals surface area (Å²) in [5.41, 5.74) is 0.831. The van der Waals surface area contributed by atoms with Crippen molar-refractivity contribution in [3.05, 3.63) is 18.0 Å². The van der Waals surface area contributed by atoms with Gasteiger partial charge in [0, 0.05) is 31.2 Å². The Kier molecular flexibility index (Phi) is 8.52. The maximum atomic E-state index is 13.2. The second-order valence-electron chi connectivity index (χ2n) is 11.0. The number of amides is 2. The molecule has 1 aromatic rings. The summed E-state index contributed by atoms with van der Waals surface area (Å²) in [5, 5.41) is 12.3. The van der Waals surface area contributed by atoms with Crippen molar-refractivity contribution in [3.63, 3.8) is 0 Å². The third-order valence-electron chi connectivity index (χ3n) is 6.76. The van der Waals surface area contributed by atoms with Crippen LogP contribution in [0.15, 0.2) is 12.4 Å². The molecule has 2 saturated heterocycles. The number of likely N-dealkylation sites (tertiary alicyclic amines) is 1. The number of anilines is 1. The summed E-state index contributed by atoms with van der Waals surface area (Å²) in [6.07, 6.45) is 8.67. The Bertz CT molecular complexity index is 792. The number of urea groups is 1. The molecule has 0 spiro atoms. The Morgan fingerprint density at radius 1 is 1.12 bits per heavy atom. The summed E-state index contributed by atoms with van der Waals surface area (Å²) in [4.78, 5) is 28.5. The zero-order valence-corrected chi connectivity index (χ0v) is 21.0. The zero-order valence-electron chi connectivity index (χ0n) is 21.0. The van der Waals surface area contributed by atoms with Gasteiger partial charge in [0.25, 0.3) is 0 Å². The Morgan fingerprint density at radius 2 is 1.70 bits per heavy atom. The van der Waals surface area contributed by atoms with Gasteiger partial charge in [0.15, 0.2) is 0 Å². The van der Waals surface area contributed by atoms with E-state index in [0.717, 1.165) is 38.8 Å². The van der Waals surface area contributed by atoms with Crippen LogP contribution in [0.5, 0.6) is 0 Å². The number of carbonyl (C=O) groups excluding carboxylic acids is 1. The van der Waals surface area contributed by atoms with Crippen molar-refractivity contribution in [2.24, 2.45) is 5.41 Å². The molecule has 0 aliphatic carbocycles. The lowest BCUT2D eigenvalue weighted by Crippen LogP contribution is -2.62. The number of hydrogen-bond donors (Lipinski definition) is 1. The van der Waals surface area contributed by atoms with Crippen molar-refractivity contribution < 1.29 is 4.79 Å². The van der Waals surface area contributed by atoms with E-state index in [1.54, 1.807) is 12.4 Å². The molecule has 0 aromatic carbocycles. The average molecular weight is 456 g/mol. The lowest BCUT2D eigenvalue weighted by molar-refractivity contribution is 0.135. The number of hydrogen-bond acceptors (Lipinski definition) is 6. The van der Waals surface area contributed by atoms with Crippen LogP contribution in [-0.2, 0) is 0 Å². The average Bonchev–Trinajstić information content (AvgIpc) is 2.73. The molecule has 2 amide bonds. The summed E-state index contributed by atoms with van der Waals surface area (Å²) in [6.45, 7) is 15.9. The van der Waals surface area contributed by atoms with Crippen LogP contribution in [0.4, 0.5) is 10.7 Å². The molecule has 0 saturated carbocycles. The first-order valence-electron chi connectivity index (χ1n) is 12.4. The van der Waals surface area contributed by atoms with Crippen molar-refractivity contribution >= 4 is 12.0 Å². The highest BCUT2D eigenvalue weighted by Gasteiger charge is 2.34. The number of piperazine rings is 1. The quantitative estimate of drug-likeness (QED) is 0.746. The van der Waals surface area contributed by atoms with E-state index in [2.05, 4.69) is 65.8 Å². The number of aromatic nitrogens is 2. The second kappa shape index (κ2) is 11.1. The van der Waals surface area contributed by atoms with Gasteiger partial charge in [0.1, 0.15) is 6.07 Å². The molecule has 2 fully saturated rings. The molecular weight excluding hydrogens is 414 g/mol. The smallest absolute Gasteiger partial charge is 0.318 e. The number of nitrogens with one attached hydrogen (secondary N) is 1. The van der Waals surface area contributed by atoms with E-state index in [-0.39, 0.29) is 24.2 Å². The van der Waals surface area contributed by atoms with Gasteiger partial charge in [-0.15, -0.1) is 0 Å². The van der Waals surface area contributed by atoms with E-state index < -0.39 is 0 Å². The molecule has 33 heavy (non-hydrogen) atoms. The van der Waals surface area contributed by atoms with Gasteiger partial charge >= 0.3 is 6.03 Å². The Hall–Kier alpha value is -2.40. The Balaban J connectivity index is 1.49. The van der Waals surface area contributed by atoms with Crippen molar-refractivity contribution in [1.82, 2.24) is 25.1 Å².